The van der Waals surface area contributed by atoms with Gasteiger partial charge in [-0.25, -0.2) is 8.42 Å². The van der Waals surface area contributed by atoms with Crippen LogP contribution in [0.4, 0.5) is 5.69 Å². The number of rotatable bonds is 4. The quantitative estimate of drug-likeness (QED) is 0.651. The van der Waals surface area contributed by atoms with Gasteiger partial charge in [0.05, 0.1) is 23.0 Å². The predicted molar refractivity (Wildman–Crippen MR) is 121 cm³/mol. The number of amides is 1. The molecule has 1 amide bonds. The molecule has 2 aromatic carbocycles. The Morgan fingerprint density at radius 2 is 1.74 bits per heavy atom. The van der Waals surface area contributed by atoms with Crippen molar-refractivity contribution in [1.29, 1.82) is 0 Å². The molecule has 1 fully saturated rings. The number of aryl methyl sites for hydroxylation is 2. The highest BCUT2D eigenvalue weighted by Gasteiger charge is 2.27. The summed E-state index contributed by atoms with van der Waals surface area (Å²) in [6, 6.07) is 16.7. The first kappa shape index (κ1) is 20.4. The number of hydrogen-bond donors (Lipinski definition) is 1. The average molecular weight is 455 g/mol. The minimum Gasteiger partial charge on any atom is -0.379 e. The largest absolute Gasteiger partial charge is 0.379 e. The molecule has 6 nitrogen and oxygen atoms in total. The Morgan fingerprint density at radius 3 is 2.58 bits per heavy atom. The Labute approximate surface area is 185 Å². The van der Waals surface area contributed by atoms with Gasteiger partial charge in [-0.15, -0.1) is 11.3 Å². The fourth-order valence-corrected chi connectivity index (χ4v) is 6.67. The van der Waals surface area contributed by atoms with Crippen LogP contribution >= 0.6 is 11.3 Å². The van der Waals surface area contributed by atoms with E-state index in [2.05, 4.69) is 17.4 Å². The zero-order chi connectivity index (χ0) is 21.4. The Morgan fingerprint density at radius 1 is 0.968 bits per heavy atom. The van der Waals surface area contributed by atoms with Crippen molar-refractivity contribution in [2.45, 2.75) is 17.7 Å². The lowest BCUT2D eigenvalue weighted by molar-refractivity contribution is 0.0730. The summed E-state index contributed by atoms with van der Waals surface area (Å²) >= 11 is 1.49. The number of carbonyl (C=O) groups excluding carboxylic acids is 1. The maximum atomic E-state index is 12.9. The van der Waals surface area contributed by atoms with Gasteiger partial charge in [0, 0.05) is 23.7 Å². The fourth-order valence-electron chi connectivity index (χ4n) is 4.05. The molecule has 1 aromatic heterocycles. The van der Waals surface area contributed by atoms with Crippen LogP contribution in [0.5, 0.6) is 0 Å². The molecule has 0 unspecified atom stereocenters. The van der Waals surface area contributed by atoms with Gasteiger partial charge in [0.25, 0.3) is 5.91 Å². The normalized spacial score (nSPS) is 16.4. The van der Waals surface area contributed by atoms with Gasteiger partial charge in [-0.1, -0.05) is 30.3 Å². The third kappa shape index (κ3) is 3.92. The summed E-state index contributed by atoms with van der Waals surface area (Å²) in [5.41, 5.74) is 4.17. The standard InChI is InChI=1S/C23H22N2O4S2/c26-23(21-14-17-9-8-16-4-1-2-7-20(16)22(17)30-21)24-18-5-3-6-19(15-18)31(27,28)25-10-12-29-13-11-25/h1-7,14-15H,8-13H2,(H,24,26). The topological polar surface area (TPSA) is 75.7 Å². The number of carbonyl (C=O) groups is 1. The van der Waals surface area contributed by atoms with E-state index in [1.54, 1.807) is 18.2 Å². The van der Waals surface area contributed by atoms with E-state index in [0.717, 1.165) is 17.7 Å². The number of nitrogens with zero attached hydrogens (tertiary/aromatic N) is 1. The fraction of sp³-hybridized carbons (Fsp3) is 0.261. The summed E-state index contributed by atoms with van der Waals surface area (Å²) in [7, 11) is -3.62. The van der Waals surface area contributed by atoms with Crippen molar-refractivity contribution in [3.8, 4) is 10.4 Å². The maximum Gasteiger partial charge on any atom is 0.265 e. The van der Waals surface area contributed by atoms with Crippen molar-refractivity contribution >= 4 is 33.0 Å². The van der Waals surface area contributed by atoms with E-state index in [-0.39, 0.29) is 10.8 Å². The van der Waals surface area contributed by atoms with Crippen LogP contribution in [0.25, 0.3) is 10.4 Å². The van der Waals surface area contributed by atoms with Gasteiger partial charge in [-0.2, -0.15) is 4.31 Å². The van der Waals surface area contributed by atoms with Crippen LogP contribution in [-0.2, 0) is 27.6 Å². The van der Waals surface area contributed by atoms with E-state index in [1.807, 2.05) is 18.2 Å². The highest BCUT2D eigenvalue weighted by atomic mass is 32.2. The minimum atomic E-state index is -3.62. The Kier molecular flexibility index (Phi) is 5.39. The molecule has 0 radical (unpaired) electrons. The molecule has 1 saturated heterocycles. The Hall–Kier alpha value is -2.52. The number of thiophene rings is 1. The lowest BCUT2D eigenvalue weighted by atomic mass is 9.91. The Bertz CT molecular complexity index is 1240. The monoisotopic (exact) mass is 454 g/mol. The second kappa shape index (κ2) is 8.20. The van der Waals surface area contributed by atoms with Crippen LogP contribution in [0.2, 0.25) is 0 Å². The molecule has 5 rings (SSSR count). The summed E-state index contributed by atoms with van der Waals surface area (Å²) in [4.78, 5) is 14.9. The molecule has 160 valence electrons. The molecular formula is C23H22N2O4S2. The molecule has 8 heteroatoms. The first-order chi connectivity index (χ1) is 15.0. The van der Waals surface area contributed by atoms with Gasteiger partial charge in [0.2, 0.25) is 10.0 Å². The van der Waals surface area contributed by atoms with E-state index in [1.165, 1.54) is 38.4 Å². The molecule has 2 aliphatic rings. The third-order valence-electron chi connectivity index (χ3n) is 5.66. The van der Waals surface area contributed by atoms with E-state index in [9.17, 15) is 13.2 Å². The maximum absolute atomic E-state index is 12.9. The van der Waals surface area contributed by atoms with Crippen LogP contribution in [0.3, 0.4) is 0 Å². The first-order valence-corrected chi connectivity index (χ1v) is 12.5. The van der Waals surface area contributed by atoms with Gasteiger partial charge >= 0.3 is 0 Å². The van der Waals surface area contributed by atoms with Crippen molar-refractivity contribution in [3.63, 3.8) is 0 Å². The van der Waals surface area contributed by atoms with Crippen molar-refractivity contribution < 1.29 is 17.9 Å². The van der Waals surface area contributed by atoms with Crippen molar-refractivity contribution in [1.82, 2.24) is 4.31 Å². The van der Waals surface area contributed by atoms with Crippen molar-refractivity contribution in [3.05, 3.63) is 70.6 Å². The lowest BCUT2D eigenvalue weighted by Crippen LogP contribution is -2.40. The molecule has 0 bridgehead atoms. The summed E-state index contributed by atoms with van der Waals surface area (Å²) in [5, 5.41) is 2.87. The molecule has 3 aromatic rings. The lowest BCUT2D eigenvalue weighted by Gasteiger charge is -2.26. The Balaban J connectivity index is 1.38. The molecule has 2 heterocycles. The zero-order valence-corrected chi connectivity index (χ0v) is 18.5. The smallest absolute Gasteiger partial charge is 0.265 e. The van der Waals surface area contributed by atoms with Crippen molar-refractivity contribution in [2.75, 3.05) is 31.6 Å². The molecule has 0 spiro atoms. The molecule has 1 N–H and O–H groups in total. The minimum absolute atomic E-state index is 0.173. The number of sulfonamides is 1. The van der Waals surface area contributed by atoms with Crippen LogP contribution in [-0.4, -0.2) is 44.9 Å². The molecule has 31 heavy (non-hydrogen) atoms. The van der Waals surface area contributed by atoms with Crippen LogP contribution in [0, 0.1) is 0 Å². The van der Waals surface area contributed by atoms with E-state index >= 15 is 0 Å². The van der Waals surface area contributed by atoms with Crippen molar-refractivity contribution in [2.24, 2.45) is 0 Å². The summed E-state index contributed by atoms with van der Waals surface area (Å²) < 4.78 is 32.5. The second-order valence-corrected chi connectivity index (χ2v) is 10.6. The number of hydrogen-bond acceptors (Lipinski definition) is 5. The molecule has 1 aliphatic carbocycles. The van der Waals surface area contributed by atoms with E-state index in [4.69, 9.17) is 4.74 Å². The first-order valence-electron chi connectivity index (χ1n) is 10.2. The summed E-state index contributed by atoms with van der Waals surface area (Å²) in [5.74, 6) is -0.224. The number of ether oxygens (including phenoxy) is 1. The van der Waals surface area contributed by atoms with E-state index < -0.39 is 10.0 Å². The van der Waals surface area contributed by atoms with Gasteiger partial charge in [-0.3, -0.25) is 4.79 Å². The average Bonchev–Trinajstić information content (AvgIpc) is 3.25. The van der Waals surface area contributed by atoms with E-state index in [0.29, 0.717) is 36.9 Å². The van der Waals surface area contributed by atoms with Gasteiger partial charge in [0.1, 0.15) is 0 Å². The van der Waals surface area contributed by atoms with Crippen LogP contribution in [0.15, 0.2) is 59.5 Å². The third-order valence-corrected chi connectivity index (χ3v) is 8.76. The number of anilines is 1. The van der Waals surface area contributed by atoms with Gasteiger partial charge in [-0.05, 0) is 53.8 Å². The van der Waals surface area contributed by atoms with Crippen LogP contribution in [0.1, 0.15) is 20.8 Å². The number of nitrogens with one attached hydrogen (secondary N) is 1. The highest BCUT2D eigenvalue weighted by Crippen LogP contribution is 2.39. The summed E-state index contributed by atoms with van der Waals surface area (Å²) in [6.45, 7) is 1.45. The molecule has 1 aliphatic heterocycles. The molecule has 0 atom stereocenters. The number of benzene rings is 2. The van der Waals surface area contributed by atoms with Crippen LogP contribution < -0.4 is 5.32 Å². The molecular weight excluding hydrogens is 432 g/mol. The SMILES string of the molecule is O=C(Nc1cccc(S(=O)(=O)N2CCOCC2)c1)c1cc2c(s1)-c1ccccc1CC2. The zero-order valence-electron chi connectivity index (χ0n) is 16.8. The summed E-state index contributed by atoms with van der Waals surface area (Å²) in [6.07, 6.45) is 1.89. The predicted octanol–water partition coefficient (Wildman–Crippen LogP) is 3.79. The number of fused-ring (bicyclic) bond motifs is 3. The molecule has 0 saturated carbocycles. The van der Waals surface area contributed by atoms with Gasteiger partial charge < -0.3 is 10.1 Å². The highest BCUT2D eigenvalue weighted by molar-refractivity contribution is 7.89. The number of morpholine rings is 1. The second-order valence-electron chi connectivity index (χ2n) is 7.62. The van der Waals surface area contributed by atoms with Gasteiger partial charge in [0.15, 0.2) is 0 Å².